The van der Waals surface area contributed by atoms with Gasteiger partial charge in [0.1, 0.15) is 0 Å². The number of ether oxygens (including phenoxy) is 2. The molecule has 0 aliphatic carbocycles. The highest BCUT2D eigenvalue weighted by Gasteiger charge is 2.15. The number of benzene rings is 1. The molecule has 0 bridgehead atoms. The maximum absolute atomic E-state index is 12.5. The van der Waals surface area contributed by atoms with E-state index in [4.69, 9.17) is 4.74 Å². The van der Waals surface area contributed by atoms with Crippen molar-refractivity contribution in [3.63, 3.8) is 0 Å². The van der Waals surface area contributed by atoms with E-state index in [1.807, 2.05) is 0 Å². The molecule has 0 aliphatic rings. The summed E-state index contributed by atoms with van der Waals surface area (Å²) in [6, 6.07) is 5.15. The van der Waals surface area contributed by atoms with Gasteiger partial charge in [-0.15, -0.1) is 0 Å². The lowest BCUT2D eigenvalue weighted by atomic mass is 10.0. The lowest BCUT2D eigenvalue weighted by Crippen LogP contribution is -2.22. The van der Waals surface area contributed by atoms with E-state index >= 15 is 0 Å². The molecule has 3 nitrogen and oxygen atoms in total. The van der Waals surface area contributed by atoms with Gasteiger partial charge in [0.2, 0.25) is 0 Å². The molecule has 0 radical (unpaired) electrons. The predicted octanol–water partition coefficient (Wildman–Crippen LogP) is 3.82. The summed E-state index contributed by atoms with van der Waals surface area (Å²) in [4.78, 5) is 0. The first-order valence-corrected chi connectivity index (χ1v) is 6.93. The van der Waals surface area contributed by atoms with E-state index in [9.17, 15) is 8.78 Å². The van der Waals surface area contributed by atoms with Gasteiger partial charge in [0.25, 0.3) is 0 Å². The molecule has 0 aliphatic heterocycles. The monoisotopic (exact) mass is 287 g/mol. The molecule has 20 heavy (non-hydrogen) atoms. The molecule has 1 aromatic rings. The van der Waals surface area contributed by atoms with Crippen molar-refractivity contribution in [1.29, 1.82) is 0 Å². The van der Waals surface area contributed by atoms with Crippen molar-refractivity contribution in [2.45, 2.75) is 39.8 Å². The molecule has 0 amide bonds. The van der Waals surface area contributed by atoms with E-state index in [-0.39, 0.29) is 5.75 Å². The summed E-state index contributed by atoms with van der Waals surface area (Å²) in [7, 11) is 1.44. The Balaban J connectivity index is 2.73. The van der Waals surface area contributed by atoms with Gasteiger partial charge in [0.05, 0.1) is 7.11 Å². The van der Waals surface area contributed by atoms with Crippen LogP contribution >= 0.6 is 0 Å². The standard InChI is InChI=1S/C15H23F2NO2/c1-4-11(5-2)9-18-10-12-7-6-8-13(19-3)14(12)20-15(16)17/h6-8,11,15,18H,4-5,9-10H2,1-3H3. The molecule has 1 rings (SSSR count). The summed E-state index contributed by atoms with van der Waals surface area (Å²) in [6.45, 7) is 2.78. The van der Waals surface area contributed by atoms with Gasteiger partial charge in [-0.3, -0.25) is 0 Å². The van der Waals surface area contributed by atoms with Crippen LogP contribution in [0.2, 0.25) is 0 Å². The first-order chi connectivity index (χ1) is 9.62. The van der Waals surface area contributed by atoms with Gasteiger partial charge < -0.3 is 14.8 Å². The Morgan fingerprint density at radius 1 is 1.20 bits per heavy atom. The Labute approximate surface area is 119 Å². The lowest BCUT2D eigenvalue weighted by Gasteiger charge is -2.17. The number of hydrogen-bond donors (Lipinski definition) is 1. The molecule has 0 spiro atoms. The first kappa shape index (κ1) is 16.7. The minimum absolute atomic E-state index is 0.113. The maximum Gasteiger partial charge on any atom is 0.387 e. The highest BCUT2D eigenvalue weighted by atomic mass is 19.3. The Kier molecular flexibility index (Phi) is 7.30. The van der Waals surface area contributed by atoms with Crippen LogP contribution in [0.15, 0.2) is 18.2 Å². The van der Waals surface area contributed by atoms with Crippen molar-refractivity contribution in [2.75, 3.05) is 13.7 Å². The van der Waals surface area contributed by atoms with Crippen LogP contribution in [0.5, 0.6) is 11.5 Å². The average molecular weight is 287 g/mol. The van der Waals surface area contributed by atoms with Crippen molar-refractivity contribution in [3.05, 3.63) is 23.8 Å². The largest absolute Gasteiger partial charge is 0.493 e. The van der Waals surface area contributed by atoms with E-state index in [1.54, 1.807) is 18.2 Å². The second-order valence-electron chi connectivity index (χ2n) is 4.64. The molecular formula is C15H23F2NO2. The van der Waals surface area contributed by atoms with Crippen LogP contribution in [0, 0.1) is 5.92 Å². The van der Waals surface area contributed by atoms with E-state index in [0.717, 1.165) is 19.4 Å². The molecule has 0 aromatic heterocycles. The highest BCUT2D eigenvalue weighted by molar-refractivity contribution is 5.46. The third kappa shape index (κ3) is 4.96. The second kappa shape index (κ2) is 8.74. The topological polar surface area (TPSA) is 30.5 Å². The number of alkyl halides is 2. The summed E-state index contributed by atoms with van der Waals surface area (Å²) >= 11 is 0. The Bertz CT molecular complexity index is 395. The molecule has 0 heterocycles. The molecule has 0 unspecified atom stereocenters. The smallest absolute Gasteiger partial charge is 0.387 e. The lowest BCUT2D eigenvalue weighted by molar-refractivity contribution is -0.0518. The number of halogens is 2. The van der Waals surface area contributed by atoms with Crippen LogP contribution in [0.3, 0.4) is 0 Å². The normalized spacial score (nSPS) is 11.2. The number of hydrogen-bond acceptors (Lipinski definition) is 3. The zero-order chi connectivity index (χ0) is 15.0. The molecule has 1 aromatic carbocycles. The van der Waals surface area contributed by atoms with Crippen molar-refractivity contribution in [3.8, 4) is 11.5 Å². The van der Waals surface area contributed by atoms with E-state index in [1.165, 1.54) is 7.11 Å². The SMILES string of the molecule is CCC(CC)CNCc1cccc(OC)c1OC(F)F. The molecule has 0 saturated carbocycles. The third-order valence-electron chi connectivity index (χ3n) is 3.39. The van der Waals surface area contributed by atoms with Gasteiger partial charge in [0.15, 0.2) is 11.5 Å². The zero-order valence-corrected chi connectivity index (χ0v) is 12.3. The summed E-state index contributed by atoms with van der Waals surface area (Å²) in [5, 5.41) is 3.29. The quantitative estimate of drug-likeness (QED) is 0.749. The Hall–Kier alpha value is -1.36. The summed E-state index contributed by atoms with van der Waals surface area (Å²) in [5.41, 5.74) is 0.676. The van der Waals surface area contributed by atoms with Gasteiger partial charge in [0, 0.05) is 12.1 Å². The van der Waals surface area contributed by atoms with Gasteiger partial charge in [-0.25, -0.2) is 0 Å². The van der Waals surface area contributed by atoms with Crippen molar-refractivity contribution < 1.29 is 18.3 Å². The van der Waals surface area contributed by atoms with E-state index < -0.39 is 6.61 Å². The second-order valence-corrected chi connectivity index (χ2v) is 4.64. The minimum Gasteiger partial charge on any atom is -0.493 e. The zero-order valence-electron chi connectivity index (χ0n) is 12.3. The van der Waals surface area contributed by atoms with Crippen LogP contribution in [-0.4, -0.2) is 20.3 Å². The van der Waals surface area contributed by atoms with Crippen molar-refractivity contribution in [2.24, 2.45) is 5.92 Å². The van der Waals surface area contributed by atoms with E-state index in [2.05, 4.69) is 23.9 Å². The fourth-order valence-electron chi connectivity index (χ4n) is 2.07. The fourth-order valence-corrected chi connectivity index (χ4v) is 2.07. The Morgan fingerprint density at radius 3 is 2.45 bits per heavy atom. The molecule has 0 fully saturated rings. The summed E-state index contributed by atoms with van der Waals surface area (Å²) in [6.07, 6.45) is 2.20. The van der Waals surface area contributed by atoms with Gasteiger partial charge in [-0.1, -0.05) is 38.8 Å². The highest BCUT2D eigenvalue weighted by Crippen LogP contribution is 2.32. The molecule has 0 saturated heterocycles. The first-order valence-electron chi connectivity index (χ1n) is 6.93. The van der Waals surface area contributed by atoms with Gasteiger partial charge in [-0.2, -0.15) is 8.78 Å². The molecular weight excluding hydrogens is 264 g/mol. The third-order valence-corrected chi connectivity index (χ3v) is 3.39. The van der Waals surface area contributed by atoms with Crippen molar-refractivity contribution >= 4 is 0 Å². The van der Waals surface area contributed by atoms with Crippen LogP contribution in [0.1, 0.15) is 32.3 Å². The molecule has 114 valence electrons. The van der Waals surface area contributed by atoms with Crippen LogP contribution in [0.25, 0.3) is 0 Å². The fraction of sp³-hybridized carbons (Fsp3) is 0.600. The number of rotatable bonds is 9. The van der Waals surface area contributed by atoms with Crippen LogP contribution in [-0.2, 0) is 6.54 Å². The number of nitrogens with one attached hydrogen (secondary N) is 1. The minimum atomic E-state index is -2.86. The van der Waals surface area contributed by atoms with E-state index in [0.29, 0.717) is 23.8 Å². The van der Waals surface area contributed by atoms with Gasteiger partial charge in [-0.05, 0) is 18.5 Å². The average Bonchev–Trinajstić information content (AvgIpc) is 2.44. The summed E-state index contributed by atoms with van der Waals surface area (Å²) in [5.74, 6) is 1.04. The number of methoxy groups -OCH3 is 1. The maximum atomic E-state index is 12.5. The molecule has 0 atom stereocenters. The molecule has 5 heteroatoms. The van der Waals surface area contributed by atoms with Gasteiger partial charge >= 0.3 is 6.61 Å². The molecule has 1 N–H and O–H groups in total. The number of para-hydroxylation sites is 1. The summed E-state index contributed by atoms with van der Waals surface area (Å²) < 4.78 is 34.6. The predicted molar refractivity (Wildman–Crippen MR) is 75.4 cm³/mol. The van der Waals surface area contributed by atoms with Crippen LogP contribution in [0.4, 0.5) is 8.78 Å². The van der Waals surface area contributed by atoms with Crippen LogP contribution < -0.4 is 14.8 Å². The van der Waals surface area contributed by atoms with Crippen molar-refractivity contribution in [1.82, 2.24) is 5.32 Å². The Morgan fingerprint density at radius 2 is 1.90 bits per heavy atom.